The van der Waals surface area contributed by atoms with E-state index in [9.17, 15) is 4.79 Å². The van der Waals surface area contributed by atoms with Crippen LogP contribution in [0.1, 0.15) is 40.0 Å². The summed E-state index contributed by atoms with van der Waals surface area (Å²) in [5.74, 6) is 0. The maximum absolute atomic E-state index is 11.5. The van der Waals surface area contributed by atoms with E-state index in [0.29, 0.717) is 13.0 Å². The van der Waals surface area contributed by atoms with Crippen LogP contribution in [0.4, 0.5) is 4.79 Å². The number of alkyl carbamates (subject to hydrolysis) is 1. The number of nitrogens with zero attached hydrogens (tertiary/aromatic N) is 1. The van der Waals surface area contributed by atoms with E-state index in [-0.39, 0.29) is 12.1 Å². The lowest BCUT2D eigenvalue weighted by atomic mass is 10.0. The number of hydrogen-bond donors (Lipinski definition) is 1. The van der Waals surface area contributed by atoms with Gasteiger partial charge in [-0.3, -0.25) is 0 Å². The average Bonchev–Trinajstić information content (AvgIpc) is 2.18. The molecule has 1 rings (SSSR count). The topological polar surface area (TPSA) is 71.3 Å². The molecule has 0 saturated carbocycles. The Kier molecular flexibility index (Phi) is 4.76. The van der Waals surface area contributed by atoms with Crippen molar-refractivity contribution in [3.63, 3.8) is 0 Å². The lowest BCUT2D eigenvalue weighted by Gasteiger charge is -2.29. The van der Waals surface area contributed by atoms with Gasteiger partial charge in [-0.05, 0) is 33.6 Å². The molecule has 0 aromatic rings. The summed E-state index contributed by atoms with van der Waals surface area (Å²) in [5, 5.41) is 11.3. The number of amides is 1. The normalized spacial score (nSPS) is 24.8. The number of nitriles is 1. The molecule has 2 atom stereocenters. The molecule has 0 bridgehead atoms. The molecule has 1 fully saturated rings. The Morgan fingerprint density at radius 2 is 2.24 bits per heavy atom. The van der Waals surface area contributed by atoms with Gasteiger partial charge in [-0.1, -0.05) is 0 Å². The third kappa shape index (κ3) is 5.55. The first-order valence-electron chi connectivity index (χ1n) is 5.89. The van der Waals surface area contributed by atoms with Crippen LogP contribution in [0, 0.1) is 11.3 Å². The van der Waals surface area contributed by atoms with E-state index in [2.05, 4.69) is 11.4 Å². The molecular weight excluding hydrogens is 220 g/mol. The fourth-order valence-corrected chi connectivity index (χ4v) is 1.66. The highest BCUT2D eigenvalue weighted by Gasteiger charge is 2.24. The summed E-state index contributed by atoms with van der Waals surface area (Å²) in [4.78, 5) is 11.5. The number of carbonyl (C=O) groups excluding carboxylic acids is 1. The van der Waals surface area contributed by atoms with E-state index in [4.69, 9.17) is 14.7 Å². The predicted molar refractivity (Wildman–Crippen MR) is 62.4 cm³/mol. The summed E-state index contributed by atoms with van der Waals surface area (Å²) in [5.41, 5.74) is -0.483. The second-order valence-electron chi connectivity index (χ2n) is 5.24. The van der Waals surface area contributed by atoms with Crippen LogP contribution in [0.15, 0.2) is 0 Å². The second kappa shape index (κ2) is 5.87. The zero-order chi connectivity index (χ0) is 12.9. The minimum absolute atomic E-state index is 0.0108. The number of nitrogens with one attached hydrogen (secondary N) is 1. The minimum Gasteiger partial charge on any atom is -0.444 e. The van der Waals surface area contributed by atoms with Crippen molar-refractivity contribution in [1.82, 2.24) is 5.32 Å². The largest absolute Gasteiger partial charge is 0.444 e. The van der Waals surface area contributed by atoms with Gasteiger partial charge in [0.2, 0.25) is 0 Å². The molecular formula is C12H20N2O3. The van der Waals surface area contributed by atoms with Gasteiger partial charge in [0.15, 0.2) is 0 Å². The Balaban J connectivity index is 2.27. The fourth-order valence-electron chi connectivity index (χ4n) is 1.66. The summed E-state index contributed by atoms with van der Waals surface area (Å²) in [6, 6.07) is 2.07. The number of ether oxygens (including phenoxy) is 2. The van der Waals surface area contributed by atoms with Crippen LogP contribution in [0.5, 0.6) is 0 Å². The first kappa shape index (κ1) is 13.8. The molecule has 0 aromatic heterocycles. The van der Waals surface area contributed by atoms with Crippen molar-refractivity contribution >= 4 is 6.09 Å². The predicted octanol–water partition coefficient (Wildman–Crippen LogP) is 1.97. The molecule has 0 aliphatic carbocycles. The molecule has 1 saturated heterocycles. The lowest BCUT2D eigenvalue weighted by Crippen LogP contribution is -2.44. The van der Waals surface area contributed by atoms with Crippen LogP contribution >= 0.6 is 0 Å². The zero-order valence-electron chi connectivity index (χ0n) is 10.7. The van der Waals surface area contributed by atoms with Crippen LogP contribution in [0.3, 0.4) is 0 Å². The summed E-state index contributed by atoms with van der Waals surface area (Å²) in [6.45, 7) is 5.93. The first-order valence-corrected chi connectivity index (χ1v) is 5.89. The highest BCUT2D eigenvalue weighted by atomic mass is 16.6. The Morgan fingerprint density at radius 3 is 2.71 bits per heavy atom. The van der Waals surface area contributed by atoms with Crippen molar-refractivity contribution in [3.05, 3.63) is 0 Å². The van der Waals surface area contributed by atoms with E-state index in [1.54, 1.807) is 0 Å². The SMILES string of the molecule is CC(C)(C)OC(=O)N[C@H]1CC[C@@H](CC#N)OC1. The van der Waals surface area contributed by atoms with Crippen LogP contribution in [-0.4, -0.2) is 30.4 Å². The molecule has 5 nitrogen and oxygen atoms in total. The van der Waals surface area contributed by atoms with Crippen molar-refractivity contribution < 1.29 is 14.3 Å². The quantitative estimate of drug-likeness (QED) is 0.801. The van der Waals surface area contributed by atoms with E-state index in [1.807, 2.05) is 20.8 Å². The fraction of sp³-hybridized carbons (Fsp3) is 0.833. The van der Waals surface area contributed by atoms with E-state index in [0.717, 1.165) is 12.8 Å². The molecule has 1 aliphatic rings. The molecule has 1 amide bonds. The van der Waals surface area contributed by atoms with E-state index < -0.39 is 11.7 Å². The highest BCUT2D eigenvalue weighted by molar-refractivity contribution is 5.68. The molecule has 0 unspecified atom stereocenters. The lowest BCUT2D eigenvalue weighted by molar-refractivity contribution is -0.00538. The maximum Gasteiger partial charge on any atom is 0.407 e. The van der Waals surface area contributed by atoms with Crippen LogP contribution in [0.2, 0.25) is 0 Å². The molecule has 0 aromatic carbocycles. The van der Waals surface area contributed by atoms with Gasteiger partial charge in [0, 0.05) is 0 Å². The van der Waals surface area contributed by atoms with Crippen molar-refractivity contribution in [2.24, 2.45) is 0 Å². The number of rotatable bonds is 2. The molecule has 0 radical (unpaired) electrons. The second-order valence-corrected chi connectivity index (χ2v) is 5.24. The molecule has 1 aliphatic heterocycles. The number of hydrogen-bond acceptors (Lipinski definition) is 4. The maximum atomic E-state index is 11.5. The van der Waals surface area contributed by atoms with Gasteiger partial charge in [-0.2, -0.15) is 5.26 Å². The van der Waals surface area contributed by atoms with Crippen molar-refractivity contribution in [2.75, 3.05) is 6.61 Å². The molecule has 5 heteroatoms. The van der Waals surface area contributed by atoms with E-state index in [1.165, 1.54) is 0 Å². The Hall–Kier alpha value is -1.28. The molecule has 1 heterocycles. The zero-order valence-corrected chi connectivity index (χ0v) is 10.7. The van der Waals surface area contributed by atoms with Crippen molar-refractivity contribution in [3.8, 4) is 6.07 Å². The summed E-state index contributed by atoms with van der Waals surface area (Å²) in [7, 11) is 0. The molecule has 96 valence electrons. The monoisotopic (exact) mass is 240 g/mol. The van der Waals surface area contributed by atoms with Gasteiger partial charge in [0.05, 0.1) is 31.2 Å². The summed E-state index contributed by atoms with van der Waals surface area (Å²) in [6.07, 6.45) is 1.64. The highest BCUT2D eigenvalue weighted by Crippen LogP contribution is 2.16. The summed E-state index contributed by atoms with van der Waals surface area (Å²) < 4.78 is 10.6. The van der Waals surface area contributed by atoms with Crippen LogP contribution < -0.4 is 5.32 Å². The van der Waals surface area contributed by atoms with Crippen molar-refractivity contribution in [1.29, 1.82) is 5.26 Å². The van der Waals surface area contributed by atoms with Gasteiger partial charge in [-0.25, -0.2) is 4.79 Å². The Bertz CT molecular complexity index is 296. The smallest absolute Gasteiger partial charge is 0.407 e. The van der Waals surface area contributed by atoms with Gasteiger partial charge >= 0.3 is 6.09 Å². The van der Waals surface area contributed by atoms with Gasteiger partial charge < -0.3 is 14.8 Å². The van der Waals surface area contributed by atoms with Gasteiger partial charge in [0.1, 0.15) is 5.60 Å². The molecule has 1 N–H and O–H groups in total. The first-order chi connectivity index (χ1) is 7.90. The van der Waals surface area contributed by atoms with E-state index >= 15 is 0 Å². The Labute approximate surface area is 102 Å². The average molecular weight is 240 g/mol. The molecule has 0 spiro atoms. The van der Waals surface area contributed by atoms with Gasteiger partial charge in [0.25, 0.3) is 0 Å². The third-order valence-electron chi connectivity index (χ3n) is 2.41. The summed E-state index contributed by atoms with van der Waals surface area (Å²) >= 11 is 0. The minimum atomic E-state index is -0.483. The standard InChI is InChI=1S/C12H20N2O3/c1-12(2,3)17-11(15)14-9-4-5-10(6-7-13)16-8-9/h9-10H,4-6,8H2,1-3H3,(H,14,15)/t9-,10-/m0/s1. The van der Waals surface area contributed by atoms with Crippen molar-refractivity contribution in [2.45, 2.75) is 57.8 Å². The third-order valence-corrected chi connectivity index (χ3v) is 2.41. The van der Waals surface area contributed by atoms with Gasteiger partial charge in [-0.15, -0.1) is 0 Å². The molecule has 17 heavy (non-hydrogen) atoms. The Morgan fingerprint density at radius 1 is 1.53 bits per heavy atom. The number of carbonyl (C=O) groups is 1. The van der Waals surface area contributed by atoms with Crippen LogP contribution in [0.25, 0.3) is 0 Å². The van der Waals surface area contributed by atoms with Crippen LogP contribution in [-0.2, 0) is 9.47 Å².